The van der Waals surface area contributed by atoms with E-state index in [1.54, 1.807) is 11.3 Å². The molecule has 0 aliphatic rings. The molecule has 12 heavy (non-hydrogen) atoms. The van der Waals surface area contributed by atoms with Crippen LogP contribution in [0.2, 0.25) is 0 Å². The summed E-state index contributed by atoms with van der Waals surface area (Å²) >= 11 is 1.78. The van der Waals surface area contributed by atoms with E-state index < -0.39 is 0 Å². The first kappa shape index (κ1) is 7.50. The largest absolute Gasteiger partial charge is 0.265 e. The van der Waals surface area contributed by atoms with E-state index in [4.69, 9.17) is 0 Å². The fourth-order valence-electron chi connectivity index (χ4n) is 1.22. The summed E-state index contributed by atoms with van der Waals surface area (Å²) in [7, 11) is 0. The first-order valence-electron chi connectivity index (χ1n) is 3.82. The van der Waals surface area contributed by atoms with Gasteiger partial charge in [0.1, 0.15) is 0 Å². The van der Waals surface area contributed by atoms with E-state index in [2.05, 4.69) is 23.4 Å². The molecule has 2 rings (SSSR count). The molecule has 0 unspecified atom stereocenters. The fourth-order valence-corrected chi connectivity index (χ4v) is 1.94. The number of nitrogens with zero attached hydrogens (tertiary/aromatic N) is 1. The monoisotopic (exact) mass is 175 g/mol. The Morgan fingerprint density at radius 1 is 1.17 bits per heavy atom. The third kappa shape index (κ3) is 1.25. The van der Waals surface area contributed by atoms with Crippen molar-refractivity contribution in [2.45, 2.75) is 6.92 Å². The smallest absolute Gasteiger partial charge is 0.0273 e. The van der Waals surface area contributed by atoms with Gasteiger partial charge in [-0.3, -0.25) is 4.98 Å². The van der Waals surface area contributed by atoms with Crippen molar-refractivity contribution in [2.24, 2.45) is 0 Å². The molecule has 0 atom stereocenters. The van der Waals surface area contributed by atoms with Crippen molar-refractivity contribution in [2.75, 3.05) is 0 Å². The Bertz CT molecular complexity index is 364. The molecule has 0 aliphatic carbocycles. The standard InChI is InChI=1S/C10H9NS/c1-8-10(4-7-12-8)9-2-5-11-6-3-9/h2-7H,1H3. The number of aromatic nitrogens is 1. The average Bonchev–Trinajstić information content (AvgIpc) is 2.53. The van der Waals surface area contributed by atoms with Gasteiger partial charge in [-0.25, -0.2) is 0 Å². The summed E-state index contributed by atoms with van der Waals surface area (Å²) < 4.78 is 0. The van der Waals surface area contributed by atoms with Crippen molar-refractivity contribution < 1.29 is 0 Å². The lowest BCUT2D eigenvalue weighted by Gasteiger charge is -1.97. The van der Waals surface area contributed by atoms with Gasteiger partial charge in [-0.15, -0.1) is 11.3 Å². The van der Waals surface area contributed by atoms with Crippen molar-refractivity contribution >= 4 is 11.3 Å². The molecule has 0 saturated heterocycles. The Morgan fingerprint density at radius 3 is 2.50 bits per heavy atom. The third-order valence-corrected chi connectivity index (χ3v) is 2.70. The van der Waals surface area contributed by atoms with Gasteiger partial charge in [0, 0.05) is 17.3 Å². The summed E-state index contributed by atoms with van der Waals surface area (Å²) in [6.45, 7) is 2.14. The second kappa shape index (κ2) is 3.07. The van der Waals surface area contributed by atoms with E-state index in [9.17, 15) is 0 Å². The molecule has 0 amide bonds. The van der Waals surface area contributed by atoms with Crippen LogP contribution < -0.4 is 0 Å². The van der Waals surface area contributed by atoms with Gasteiger partial charge in [0.25, 0.3) is 0 Å². The molecule has 60 valence electrons. The molecule has 2 heteroatoms. The third-order valence-electron chi connectivity index (χ3n) is 1.85. The first-order valence-corrected chi connectivity index (χ1v) is 4.70. The van der Waals surface area contributed by atoms with Crippen molar-refractivity contribution in [3.63, 3.8) is 0 Å². The van der Waals surface area contributed by atoms with Crippen molar-refractivity contribution in [3.05, 3.63) is 40.8 Å². The van der Waals surface area contributed by atoms with E-state index in [-0.39, 0.29) is 0 Å². The molecule has 2 aromatic heterocycles. The van der Waals surface area contributed by atoms with Gasteiger partial charge in [-0.1, -0.05) is 0 Å². The zero-order valence-electron chi connectivity index (χ0n) is 6.82. The second-order valence-electron chi connectivity index (χ2n) is 2.63. The molecule has 0 saturated carbocycles. The minimum Gasteiger partial charge on any atom is -0.265 e. The topological polar surface area (TPSA) is 12.9 Å². The predicted molar refractivity (Wildman–Crippen MR) is 52.3 cm³/mol. The highest BCUT2D eigenvalue weighted by atomic mass is 32.1. The number of hydrogen-bond donors (Lipinski definition) is 0. The summed E-state index contributed by atoms with van der Waals surface area (Å²) in [5.74, 6) is 0. The van der Waals surface area contributed by atoms with Gasteiger partial charge >= 0.3 is 0 Å². The SMILES string of the molecule is Cc1sccc1-c1ccncc1. The molecule has 2 aromatic rings. The van der Waals surface area contributed by atoms with Crippen LogP contribution in [0.15, 0.2) is 36.0 Å². The summed E-state index contributed by atoms with van der Waals surface area (Å²) in [6.07, 6.45) is 3.65. The Hall–Kier alpha value is -1.15. The molecular formula is C10H9NS. The fraction of sp³-hybridized carbons (Fsp3) is 0.100. The van der Waals surface area contributed by atoms with E-state index in [1.807, 2.05) is 24.5 Å². The number of thiophene rings is 1. The molecule has 0 N–H and O–H groups in total. The second-order valence-corrected chi connectivity index (χ2v) is 3.75. The molecule has 0 radical (unpaired) electrons. The summed E-state index contributed by atoms with van der Waals surface area (Å²) in [5.41, 5.74) is 2.58. The minimum atomic E-state index is 1.25. The van der Waals surface area contributed by atoms with Gasteiger partial charge < -0.3 is 0 Å². The minimum absolute atomic E-state index is 1.25. The Labute approximate surface area is 75.7 Å². The zero-order chi connectivity index (χ0) is 8.39. The average molecular weight is 175 g/mol. The summed E-state index contributed by atoms with van der Waals surface area (Å²) in [5, 5.41) is 2.12. The molecular weight excluding hydrogens is 166 g/mol. The lowest BCUT2D eigenvalue weighted by molar-refractivity contribution is 1.33. The Morgan fingerprint density at radius 2 is 1.92 bits per heavy atom. The number of hydrogen-bond acceptors (Lipinski definition) is 2. The van der Waals surface area contributed by atoms with Gasteiger partial charge in [-0.2, -0.15) is 0 Å². The van der Waals surface area contributed by atoms with Gasteiger partial charge in [0.2, 0.25) is 0 Å². The molecule has 0 fully saturated rings. The van der Waals surface area contributed by atoms with Crippen molar-refractivity contribution in [1.82, 2.24) is 4.98 Å². The van der Waals surface area contributed by atoms with Crippen LogP contribution in [0.4, 0.5) is 0 Å². The molecule has 0 aliphatic heterocycles. The van der Waals surface area contributed by atoms with Crippen LogP contribution in [-0.2, 0) is 0 Å². The number of rotatable bonds is 1. The lowest BCUT2D eigenvalue weighted by Crippen LogP contribution is -1.76. The quantitative estimate of drug-likeness (QED) is 0.649. The van der Waals surface area contributed by atoms with E-state index in [1.165, 1.54) is 16.0 Å². The van der Waals surface area contributed by atoms with Gasteiger partial charge in [-0.05, 0) is 41.6 Å². The highest BCUT2D eigenvalue weighted by Crippen LogP contribution is 2.26. The van der Waals surface area contributed by atoms with Gasteiger partial charge in [0.15, 0.2) is 0 Å². The maximum absolute atomic E-state index is 3.99. The van der Waals surface area contributed by atoms with Crippen LogP contribution >= 0.6 is 11.3 Å². The summed E-state index contributed by atoms with van der Waals surface area (Å²) in [6, 6.07) is 6.22. The Kier molecular flexibility index (Phi) is 1.92. The van der Waals surface area contributed by atoms with E-state index >= 15 is 0 Å². The highest BCUT2D eigenvalue weighted by molar-refractivity contribution is 7.10. The zero-order valence-corrected chi connectivity index (χ0v) is 7.64. The molecule has 0 aromatic carbocycles. The van der Waals surface area contributed by atoms with Crippen molar-refractivity contribution in [3.8, 4) is 11.1 Å². The van der Waals surface area contributed by atoms with Gasteiger partial charge in [0.05, 0.1) is 0 Å². The van der Waals surface area contributed by atoms with Crippen LogP contribution in [0.5, 0.6) is 0 Å². The lowest BCUT2D eigenvalue weighted by atomic mass is 10.1. The van der Waals surface area contributed by atoms with E-state index in [0.29, 0.717) is 0 Å². The molecule has 1 nitrogen and oxygen atoms in total. The van der Waals surface area contributed by atoms with Crippen LogP contribution in [0.1, 0.15) is 4.88 Å². The highest BCUT2D eigenvalue weighted by Gasteiger charge is 2.00. The first-order chi connectivity index (χ1) is 5.88. The maximum atomic E-state index is 3.99. The molecule has 2 heterocycles. The van der Waals surface area contributed by atoms with Crippen LogP contribution in [-0.4, -0.2) is 4.98 Å². The van der Waals surface area contributed by atoms with Crippen molar-refractivity contribution in [1.29, 1.82) is 0 Å². The number of aryl methyl sites for hydroxylation is 1. The maximum Gasteiger partial charge on any atom is 0.0273 e. The summed E-state index contributed by atoms with van der Waals surface area (Å²) in [4.78, 5) is 5.35. The van der Waals surface area contributed by atoms with Crippen LogP contribution in [0.25, 0.3) is 11.1 Å². The normalized spacial score (nSPS) is 10.1. The Balaban J connectivity index is 2.51. The molecule has 0 bridgehead atoms. The van der Waals surface area contributed by atoms with E-state index in [0.717, 1.165) is 0 Å². The molecule has 0 spiro atoms. The predicted octanol–water partition coefficient (Wildman–Crippen LogP) is 3.12. The number of pyridine rings is 1. The van der Waals surface area contributed by atoms with Crippen LogP contribution in [0.3, 0.4) is 0 Å². The van der Waals surface area contributed by atoms with Crippen LogP contribution in [0, 0.1) is 6.92 Å².